The molecule has 1 saturated carbocycles. The minimum Gasteiger partial charge on any atom is -0.356 e. The largest absolute Gasteiger partial charge is 0.356 e. The number of hydrogen-bond acceptors (Lipinski definition) is 5. The normalized spacial score (nSPS) is 24.3. The first kappa shape index (κ1) is 17.4. The summed E-state index contributed by atoms with van der Waals surface area (Å²) in [6.45, 7) is 0.296. The van der Waals surface area contributed by atoms with Crippen LogP contribution >= 0.6 is 0 Å². The van der Waals surface area contributed by atoms with Crippen LogP contribution in [0.3, 0.4) is 0 Å². The molecule has 0 bridgehead atoms. The number of aromatic amines is 1. The highest BCUT2D eigenvalue weighted by Crippen LogP contribution is 2.39. The molecular weight excluding hydrogens is 358 g/mol. The molecule has 0 unspecified atom stereocenters. The molecule has 3 aliphatic rings. The molecule has 2 amide bonds. The lowest BCUT2D eigenvalue weighted by molar-refractivity contribution is -0.165. The van der Waals surface area contributed by atoms with E-state index in [2.05, 4.69) is 20.5 Å². The Morgan fingerprint density at radius 3 is 3.04 bits per heavy atom. The number of carbonyl (C=O) groups is 2. The molecule has 0 aromatic carbocycles. The summed E-state index contributed by atoms with van der Waals surface area (Å²) in [5, 5.41) is 10.4. The minimum atomic E-state index is -0.755. The number of rotatable bonds is 5. The number of aromatic nitrogens is 3. The van der Waals surface area contributed by atoms with E-state index in [9.17, 15) is 9.59 Å². The van der Waals surface area contributed by atoms with Crippen LogP contribution in [-0.2, 0) is 33.7 Å². The molecule has 5 rings (SSSR count). The standard InChI is InChI=1S/C20H23N5O3/c26-17-11-28-19(18(25(17)13-6-7-13)12-3-2-8-21-9-12)20(27)22-10-16-14-4-1-5-15(14)23-24-16/h2-3,8-9,13,18-19H,1,4-7,10-11H2,(H,22,27)(H,23,24)/t18-,19+/m1/s1. The highest BCUT2D eigenvalue weighted by Gasteiger charge is 2.47. The summed E-state index contributed by atoms with van der Waals surface area (Å²) in [5.41, 5.74) is 4.12. The first-order valence-electron chi connectivity index (χ1n) is 9.88. The maximum absolute atomic E-state index is 13.0. The zero-order chi connectivity index (χ0) is 19.1. The van der Waals surface area contributed by atoms with Gasteiger partial charge in [0.25, 0.3) is 5.91 Å². The van der Waals surface area contributed by atoms with E-state index >= 15 is 0 Å². The Bertz CT molecular complexity index is 893. The molecule has 0 spiro atoms. The average Bonchev–Trinajstić information content (AvgIpc) is 3.31. The van der Waals surface area contributed by atoms with E-state index in [-0.39, 0.29) is 24.5 Å². The van der Waals surface area contributed by atoms with E-state index in [0.29, 0.717) is 6.54 Å². The van der Waals surface area contributed by atoms with Gasteiger partial charge >= 0.3 is 0 Å². The van der Waals surface area contributed by atoms with Gasteiger partial charge in [-0.3, -0.25) is 19.7 Å². The lowest BCUT2D eigenvalue weighted by Gasteiger charge is -2.40. The van der Waals surface area contributed by atoms with Gasteiger partial charge in [0.1, 0.15) is 6.61 Å². The Morgan fingerprint density at radius 2 is 2.25 bits per heavy atom. The minimum absolute atomic E-state index is 0.0643. The first-order valence-corrected chi connectivity index (χ1v) is 9.88. The van der Waals surface area contributed by atoms with E-state index in [1.807, 2.05) is 17.0 Å². The van der Waals surface area contributed by atoms with E-state index in [1.54, 1.807) is 12.4 Å². The van der Waals surface area contributed by atoms with Crippen molar-refractivity contribution in [2.45, 2.75) is 56.8 Å². The number of aryl methyl sites for hydroxylation is 1. The fourth-order valence-electron chi connectivity index (χ4n) is 4.32. The summed E-state index contributed by atoms with van der Waals surface area (Å²) in [6.07, 6.45) is 7.72. The van der Waals surface area contributed by atoms with Crippen molar-refractivity contribution < 1.29 is 14.3 Å². The van der Waals surface area contributed by atoms with Crippen LogP contribution in [0.4, 0.5) is 0 Å². The molecule has 8 nitrogen and oxygen atoms in total. The fraction of sp³-hybridized carbons (Fsp3) is 0.500. The molecule has 2 atom stereocenters. The van der Waals surface area contributed by atoms with Crippen LogP contribution in [0.15, 0.2) is 24.5 Å². The number of carbonyl (C=O) groups excluding carboxylic acids is 2. The molecule has 146 valence electrons. The van der Waals surface area contributed by atoms with Crippen molar-refractivity contribution in [3.8, 4) is 0 Å². The predicted molar refractivity (Wildman–Crippen MR) is 99.0 cm³/mol. The number of nitrogens with zero attached hydrogens (tertiary/aromatic N) is 3. The Labute approximate surface area is 162 Å². The van der Waals surface area contributed by atoms with Crippen LogP contribution in [0, 0.1) is 0 Å². The van der Waals surface area contributed by atoms with Crippen LogP contribution in [0.2, 0.25) is 0 Å². The summed E-state index contributed by atoms with van der Waals surface area (Å²) in [4.78, 5) is 31.6. The van der Waals surface area contributed by atoms with Gasteiger partial charge in [-0.15, -0.1) is 0 Å². The monoisotopic (exact) mass is 381 g/mol. The highest BCUT2D eigenvalue weighted by atomic mass is 16.5. The van der Waals surface area contributed by atoms with E-state index < -0.39 is 12.1 Å². The zero-order valence-electron chi connectivity index (χ0n) is 15.6. The lowest BCUT2D eigenvalue weighted by Crippen LogP contribution is -2.55. The molecule has 2 N–H and O–H groups in total. The van der Waals surface area contributed by atoms with Crippen molar-refractivity contribution in [2.24, 2.45) is 0 Å². The maximum Gasteiger partial charge on any atom is 0.252 e. The Morgan fingerprint density at radius 1 is 1.36 bits per heavy atom. The van der Waals surface area contributed by atoms with Crippen molar-refractivity contribution >= 4 is 11.8 Å². The molecule has 2 aliphatic carbocycles. The Balaban J connectivity index is 1.37. The third-order valence-corrected chi connectivity index (χ3v) is 5.81. The van der Waals surface area contributed by atoms with Crippen LogP contribution in [0.25, 0.3) is 0 Å². The Kier molecular flexibility index (Phi) is 4.35. The van der Waals surface area contributed by atoms with Gasteiger partial charge in [-0.2, -0.15) is 5.10 Å². The third-order valence-electron chi connectivity index (χ3n) is 5.81. The second-order valence-electron chi connectivity index (χ2n) is 7.69. The van der Waals surface area contributed by atoms with Crippen molar-refractivity contribution in [3.63, 3.8) is 0 Å². The van der Waals surface area contributed by atoms with Crippen molar-refractivity contribution in [3.05, 3.63) is 47.0 Å². The second-order valence-corrected chi connectivity index (χ2v) is 7.69. The van der Waals surface area contributed by atoms with Crippen molar-refractivity contribution in [1.82, 2.24) is 25.4 Å². The van der Waals surface area contributed by atoms with E-state index in [0.717, 1.165) is 43.4 Å². The summed E-state index contributed by atoms with van der Waals surface area (Å²) >= 11 is 0. The number of nitrogens with one attached hydrogen (secondary N) is 2. The van der Waals surface area contributed by atoms with Crippen molar-refractivity contribution in [1.29, 1.82) is 0 Å². The lowest BCUT2D eigenvalue weighted by atomic mass is 9.98. The molecule has 2 aromatic heterocycles. The molecule has 0 radical (unpaired) electrons. The quantitative estimate of drug-likeness (QED) is 0.806. The molecule has 8 heteroatoms. The SMILES string of the molecule is O=C(NCc1n[nH]c2c1CCC2)[C@H]1OCC(=O)N(C2CC2)[C@@H]1c1cccnc1. The van der Waals surface area contributed by atoms with Crippen LogP contribution in [0.1, 0.15) is 47.8 Å². The van der Waals surface area contributed by atoms with E-state index in [4.69, 9.17) is 4.74 Å². The molecule has 2 aromatic rings. The summed E-state index contributed by atoms with van der Waals surface area (Å²) in [6, 6.07) is 3.45. The molecule has 1 aliphatic heterocycles. The van der Waals surface area contributed by atoms with Crippen LogP contribution in [0.5, 0.6) is 0 Å². The summed E-state index contributed by atoms with van der Waals surface area (Å²) in [7, 11) is 0. The molecule has 3 heterocycles. The number of morpholine rings is 1. The zero-order valence-corrected chi connectivity index (χ0v) is 15.6. The molecule has 2 fully saturated rings. The van der Waals surface area contributed by atoms with E-state index in [1.165, 1.54) is 11.3 Å². The van der Waals surface area contributed by atoms with Gasteiger partial charge in [-0.05, 0) is 49.3 Å². The molecule has 1 saturated heterocycles. The predicted octanol–water partition coefficient (Wildman–Crippen LogP) is 1.04. The number of hydrogen-bond donors (Lipinski definition) is 2. The summed E-state index contributed by atoms with van der Waals surface area (Å²) in [5.74, 6) is -0.285. The highest BCUT2D eigenvalue weighted by molar-refractivity contribution is 5.86. The topological polar surface area (TPSA) is 100 Å². The van der Waals surface area contributed by atoms with Gasteiger partial charge in [0.15, 0.2) is 6.10 Å². The maximum atomic E-state index is 13.0. The van der Waals surface area contributed by atoms with Crippen LogP contribution < -0.4 is 5.32 Å². The average molecular weight is 381 g/mol. The third kappa shape index (κ3) is 3.07. The van der Waals surface area contributed by atoms with Gasteiger partial charge in [0.2, 0.25) is 5.91 Å². The number of amides is 2. The van der Waals surface area contributed by atoms with Gasteiger partial charge in [0.05, 0.1) is 18.3 Å². The smallest absolute Gasteiger partial charge is 0.252 e. The van der Waals surface area contributed by atoms with Gasteiger partial charge < -0.3 is 15.0 Å². The molecular formula is C20H23N5O3. The molecule has 28 heavy (non-hydrogen) atoms. The number of ether oxygens (including phenoxy) is 1. The number of H-pyrrole nitrogens is 1. The van der Waals surface area contributed by atoms with Crippen LogP contribution in [-0.4, -0.2) is 50.6 Å². The van der Waals surface area contributed by atoms with Gasteiger partial charge in [-0.25, -0.2) is 0 Å². The van der Waals surface area contributed by atoms with Gasteiger partial charge in [0, 0.05) is 24.1 Å². The Hall–Kier alpha value is -2.74. The fourth-order valence-corrected chi connectivity index (χ4v) is 4.32. The van der Waals surface area contributed by atoms with Gasteiger partial charge in [-0.1, -0.05) is 6.07 Å². The summed E-state index contributed by atoms with van der Waals surface area (Å²) < 4.78 is 5.73. The first-order chi connectivity index (χ1) is 13.7. The number of pyridine rings is 1. The van der Waals surface area contributed by atoms with Crippen molar-refractivity contribution in [2.75, 3.05) is 6.61 Å². The second kappa shape index (κ2) is 7.01. The number of fused-ring (bicyclic) bond motifs is 1.